The van der Waals surface area contributed by atoms with Crippen molar-refractivity contribution < 1.29 is 4.79 Å². The molecular weight excluding hydrogens is 272 g/mol. The van der Waals surface area contributed by atoms with Crippen LogP contribution in [0.2, 0.25) is 0 Å². The molecule has 3 heteroatoms. The van der Waals surface area contributed by atoms with Gasteiger partial charge in [-0.2, -0.15) is 0 Å². The van der Waals surface area contributed by atoms with Crippen LogP contribution in [0.5, 0.6) is 0 Å². The highest BCUT2D eigenvalue weighted by Crippen LogP contribution is 2.49. The van der Waals surface area contributed by atoms with Gasteiger partial charge >= 0.3 is 6.03 Å². The standard InChI is InChI=1S/C19H26N2O/c1-12(18-10-13-5-6-16(18)9-13)20-19(22)21-17-8-7-14-3-2-4-15(14)11-17/h7-8,11-13,16,18H,2-6,9-10H2,1H3,(H2,20,21,22). The van der Waals surface area contributed by atoms with Crippen LogP contribution in [0.4, 0.5) is 10.5 Å². The summed E-state index contributed by atoms with van der Waals surface area (Å²) in [6.45, 7) is 2.17. The van der Waals surface area contributed by atoms with Crippen molar-refractivity contribution in [2.75, 3.05) is 5.32 Å². The Labute approximate surface area is 132 Å². The van der Waals surface area contributed by atoms with Gasteiger partial charge in [0.1, 0.15) is 0 Å². The molecule has 2 saturated carbocycles. The summed E-state index contributed by atoms with van der Waals surface area (Å²) in [4.78, 5) is 12.3. The average Bonchev–Trinajstić information content (AvgIpc) is 3.22. The summed E-state index contributed by atoms with van der Waals surface area (Å²) in [5.74, 6) is 2.46. The van der Waals surface area contributed by atoms with Gasteiger partial charge in [-0.15, -0.1) is 0 Å². The molecule has 2 N–H and O–H groups in total. The summed E-state index contributed by atoms with van der Waals surface area (Å²) in [5, 5.41) is 6.19. The van der Waals surface area contributed by atoms with Crippen molar-refractivity contribution in [1.82, 2.24) is 5.32 Å². The number of hydrogen-bond donors (Lipinski definition) is 2. The Bertz CT molecular complexity index is 583. The maximum Gasteiger partial charge on any atom is 0.319 e. The highest BCUT2D eigenvalue weighted by atomic mass is 16.2. The Morgan fingerprint density at radius 3 is 2.82 bits per heavy atom. The van der Waals surface area contributed by atoms with Gasteiger partial charge in [0.25, 0.3) is 0 Å². The number of carbonyl (C=O) groups is 1. The average molecular weight is 298 g/mol. The number of fused-ring (bicyclic) bond motifs is 3. The third kappa shape index (κ3) is 2.62. The number of rotatable bonds is 3. The number of anilines is 1. The van der Waals surface area contributed by atoms with Gasteiger partial charge in [-0.3, -0.25) is 0 Å². The number of nitrogens with one attached hydrogen (secondary N) is 2. The van der Waals surface area contributed by atoms with Crippen molar-refractivity contribution in [1.29, 1.82) is 0 Å². The third-order valence-electron chi connectivity index (χ3n) is 6.15. The molecule has 2 fully saturated rings. The molecule has 118 valence electrons. The first kappa shape index (κ1) is 14.1. The minimum Gasteiger partial charge on any atom is -0.335 e. The maximum absolute atomic E-state index is 12.3. The summed E-state index contributed by atoms with van der Waals surface area (Å²) in [5.41, 5.74) is 3.78. The molecule has 3 aliphatic carbocycles. The zero-order valence-electron chi connectivity index (χ0n) is 13.4. The Balaban J connectivity index is 1.34. The van der Waals surface area contributed by atoms with E-state index in [0.29, 0.717) is 5.92 Å². The lowest BCUT2D eigenvalue weighted by atomic mass is 9.84. The first-order valence-electron chi connectivity index (χ1n) is 8.88. The largest absolute Gasteiger partial charge is 0.335 e. The zero-order chi connectivity index (χ0) is 15.1. The number of benzene rings is 1. The molecule has 4 atom stereocenters. The number of amides is 2. The maximum atomic E-state index is 12.3. The molecule has 0 aliphatic heterocycles. The molecule has 1 aromatic carbocycles. The van der Waals surface area contributed by atoms with Gasteiger partial charge in [-0.1, -0.05) is 12.5 Å². The molecule has 2 bridgehead atoms. The Kier molecular flexibility index (Phi) is 3.59. The van der Waals surface area contributed by atoms with E-state index in [1.165, 1.54) is 49.7 Å². The second-order valence-electron chi connectivity index (χ2n) is 7.56. The second kappa shape index (κ2) is 5.60. The fourth-order valence-electron chi connectivity index (χ4n) is 5.04. The molecule has 0 saturated heterocycles. The van der Waals surface area contributed by atoms with E-state index in [0.717, 1.165) is 23.9 Å². The topological polar surface area (TPSA) is 41.1 Å². The normalized spacial score (nSPS) is 30.1. The van der Waals surface area contributed by atoms with Crippen molar-refractivity contribution in [2.45, 2.75) is 57.9 Å². The smallest absolute Gasteiger partial charge is 0.319 e. The van der Waals surface area contributed by atoms with E-state index < -0.39 is 0 Å². The van der Waals surface area contributed by atoms with Crippen LogP contribution in [-0.4, -0.2) is 12.1 Å². The molecule has 4 unspecified atom stereocenters. The molecule has 0 spiro atoms. The van der Waals surface area contributed by atoms with E-state index in [2.05, 4.69) is 29.7 Å². The molecule has 0 heterocycles. The molecule has 4 rings (SSSR count). The van der Waals surface area contributed by atoms with Crippen LogP contribution in [0.15, 0.2) is 18.2 Å². The van der Waals surface area contributed by atoms with E-state index in [-0.39, 0.29) is 12.1 Å². The fourth-order valence-corrected chi connectivity index (χ4v) is 5.04. The lowest BCUT2D eigenvalue weighted by Crippen LogP contribution is -2.42. The lowest BCUT2D eigenvalue weighted by Gasteiger charge is -2.28. The van der Waals surface area contributed by atoms with Crippen LogP contribution in [0, 0.1) is 17.8 Å². The van der Waals surface area contributed by atoms with Crippen LogP contribution >= 0.6 is 0 Å². The SMILES string of the molecule is CC(NC(=O)Nc1ccc2c(c1)CCC2)C1CC2CCC1C2. The van der Waals surface area contributed by atoms with E-state index in [4.69, 9.17) is 0 Å². The number of aryl methyl sites for hydroxylation is 2. The fraction of sp³-hybridized carbons (Fsp3) is 0.632. The number of carbonyl (C=O) groups excluding carboxylic acids is 1. The van der Waals surface area contributed by atoms with Crippen molar-refractivity contribution in [3.63, 3.8) is 0 Å². The number of urea groups is 1. The van der Waals surface area contributed by atoms with Gasteiger partial charge in [0.15, 0.2) is 0 Å². The first-order chi connectivity index (χ1) is 10.7. The Morgan fingerprint density at radius 2 is 2.05 bits per heavy atom. The predicted molar refractivity (Wildman–Crippen MR) is 89.0 cm³/mol. The second-order valence-corrected chi connectivity index (χ2v) is 7.56. The van der Waals surface area contributed by atoms with Crippen LogP contribution < -0.4 is 10.6 Å². The Morgan fingerprint density at radius 1 is 1.18 bits per heavy atom. The van der Waals surface area contributed by atoms with E-state index in [1.54, 1.807) is 0 Å². The monoisotopic (exact) mass is 298 g/mol. The summed E-state index contributed by atoms with van der Waals surface area (Å²) in [6, 6.07) is 6.57. The molecule has 22 heavy (non-hydrogen) atoms. The Hall–Kier alpha value is -1.51. The van der Waals surface area contributed by atoms with Crippen molar-refractivity contribution in [3.05, 3.63) is 29.3 Å². The van der Waals surface area contributed by atoms with Crippen LogP contribution in [0.3, 0.4) is 0 Å². The third-order valence-corrected chi connectivity index (χ3v) is 6.15. The molecule has 3 aliphatic rings. The molecule has 1 aromatic rings. The number of hydrogen-bond acceptors (Lipinski definition) is 1. The highest BCUT2D eigenvalue weighted by Gasteiger charge is 2.42. The van der Waals surface area contributed by atoms with Gasteiger partial charge in [0.05, 0.1) is 0 Å². The summed E-state index contributed by atoms with van der Waals surface area (Å²) in [6.07, 6.45) is 9.06. The van der Waals surface area contributed by atoms with Gasteiger partial charge in [0, 0.05) is 11.7 Å². The zero-order valence-corrected chi connectivity index (χ0v) is 13.4. The molecule has 2 amide bonds. The van der Waals surface area contributed by atoms with Gasteiger partial charge in [0.2, 0.25) is 0 Å². The highest BCUT2D eigenvalue weighted by molar-refractivity contribution is 5.89. The van der Waals surface area contributed by atoms with E-state index in [1.807, 2.05) is 6.07 Å². The van der Waals surface area contributed by atoms with Crippen molar-refractivity contribution >= 4 is 11.7 Å². The molecule has 0 radical (unpaired) electrons. The van der Waals surface area contributed by atoms with Crippen LogP contribution in [0.25, 0.3) is 0 Å². The minimum atomic E-state index is -0.0479. The summed E-state index contributed by atoms with van der Waals surface area (Å²) in [7, 11) is 0. The molecule has 3 nitrogen and oxygen atoms in total. The molecule has 0 aromatic heterocycles. The minimum absolute atomic E-state index is 0.0479. The quantitative estimate of drug-likeness (QED) is 0.866. The van der Waals surface area contributed by atoms with Crippen molar-refractivity contribution in [2.24, 2.45) is 17.8 Å². The van der Waals surface area contributed by atoms with Gasteiger partial charge in [-0.25, -0.2) is 4.79 Å². The summed E-state index contributed by atoms with van der Waals surface area (Å²) < 4.78 is 0. The van der Waals surface area contributed by atoms with Crippen molar-refractivity contribution in [3.8, 4) is 0 Å². The van der Waals surface area contributed by atoms with Gasteiger partial charge < -0.3 is 10.6 Å². The van der Waals surface area contributed by atoms with E-state index in [9.17, 15) is 4.79 Å². The van der Waals surface area contributed by atoms with E-state index >= 15 is 0 Å². The lowest BCUT2D eigenvalue weighted by molar-refractivity contribution is 0.230. The van der Waals surface area contributed by atoms with Crippen LogP contribution in [-0.2, 0) is 12.8 Å². The van der Waals surface area contributed by atoms with Gasteiger partial charge in [-0.05, 0) is 86.5 Å². The first-order valence-corrected chi connectivity index (χ1v) is 8.88. The predicted octanol–water partition coefficient (Wildman–Crippen LogP) is 4.12. The van der Waals surface area contributed by atoms with Crippen LogP contribution in [0.1, 0.15) is 50.2 Å². The molecular formula is C19H26N2O. The summed E-state index contributed by atoms with van der Waals surface area (Å²) >= 11 is 0.